The number of imidazole rings is 1. The highest BCUT2D eigenvalue weighted by Gasteiger charge is 2.13. The average molecular weight is 302 g/mol. The summed E-state index contributed by atoms with van der Waals surface area (Å²) < 4.78 is 1.83. The minimum atomic E-state index is -0.170. The summed E-state index contributed by atoms with van der Waals surface area (Å²) in [6.07, 6.45) is 0. The van der Waals surface area contributed by atoms with Gasteiger partial charge in [0.15, 0.2) is 0 Å². The van der Waals surface area contributed by atoms with Crippen molar-refractivity contribution < 1.29 is 4.79 Å². The van der Waals surface area contributed by atoms with Crippen molar-refractivity contribution in [2.75, 3.05) is 11.1 Å². The summed E-state index contributed by atoms with van der Waals surface area (Å²) in [5.41, 5.74) is 8.07. The molecular formula is C13H14N6OS. The molecule has 1 amide bonds. The number of amides is 1. The Labute approximate surface area is 124 Å². The Hall–Kier alpha value is -2.48. The number of fused-ring (bicyclic) bond motifs is 1. The van der Waals surface area contributed by atoms with Gasteiger partial charge in [0.25, 0.3) is 0 Å². The fourth-order valence-corrected chi connectivity index (χ4v) is 2.74. The fraction of sp³-hybridized carbons (Fsp3) is 0.231. The number of aromatic nitrogens is 4. The molecule has 0 aliphatic carbocycles. The molecule has 7 nitrogen and oxygen atoms in total. The van der Waals surface area contributed by atoms with Crippen molar-refractivity contribution in [1.29, 1.82) is 0 Å². The van der Waals surface area contributed by atoms with E-state index in [-0.39, 0.29) is 12.5 Å². The summed E-state index contributed by atoms with van der Waals surface area (Å²) in [5.74, 6) is 0.572. The third kappa shape index (κ3) is 2.57. The normalized spacial score (nSPS) is 11.0. The zero-order valence-corrected chi connectivity index (χ0v) is 12.4. The summed E-state index contributed by atoms with van der Waals surface area (Å²) in [6, 6.07) is 5.54. The number of rotatable bonds is 3. The summed E-state index contributed by atoms with van der Waals surface area (Å²) >= 11 is 1.34. The highest BCUT2D eigenvalue weighted by atomic mass is 32.1. The van der Waals surface area contributed by atoms with Gasteiger partial charge in [0.1, 0.15) is 22.9 Å². The molecule has 0 saturated carbocycles. The third-order valence-corrected chi connectivity index (χ3v) is 3.83. The lowest BCUT2D eigenvalue weighted by Gasteiger charge is -2.06. The zero-order valence-electron chi connectivity index (χ0n) is 11.6. The lowest BCUT2D eigenvalue weighted by atomic mass is 10.3. The summed E-state index contributed by atoms with van der Waals surface area (Å²) in [4.78, 5) is 16.5. The van der Waals surface area contributed by atoms with Crippen LogP contribution >= 0.6 is 11.3 Å². The van der Waals surface area contributed by atoms with E-state index in [1.165, 1.54) is 11.3 Å². The number of para-hydroxylation sites is 1. The molecule has 0 fully saturated rings. The summed E-state index contributed by atoms with van der Waals surface area (Å²) in [7, 11) is 0. The van der Waals surface area contributed by atoms with Gasteiger partial charge in [-0.15, -0.1) is 10.2 Å². The Morgan fingerprint density at radius 1 is 1.38 bits per heavy atom. The number of anilines is 2. The molecule has 2 aromatic heterocycles. The molecule has 0 saturated heterocycles. The molecule has 0 aliphatic heterocycles. The highest BCUT2D eigenvalue weighted by Crippen LogP contribution is 2.21. The first-order chi connectivity index (χ1) is 10.0. The van der Waals surface area contributed by atoms with Gasteiger partial charge in [0.2, 0.25) is 11.0 Å². The molecule has 3 N–H and O–H groups in total. The Kier molecular flexibility index (Phi) is 3.30. The minimum absolute atomic E-state index is 0.157. The van der Waals surface area contributed by atoms with Crippen LogP contribution < -0.4 is 11.1 Å². The fourth-order valence-electron chi connectivity index (χ4n) is 2.13. The van der Waals surface area contributed by atoms with Gasteiger partial charge in [0.05, 0.1) is 11.2 Å². The Balaban J connectivity index is 1.86. The Morgan fingerprint density at radius 3 is 2.90 bits per heavy atom. The van der Waals surface area contributed by atoms with Crippen LogP contribution in [0.3, 0.4) is 0 Å². The molecule has 0 aliphatic rings. The number of aryl methyl sites for hydroxylation is 2. The van der Waals surface area contributed by atoms with Crippen LogP contribution in [-0.2, 0) is 11.3 Å². The summed E-state index contributed by atoms with van der Waals surface area (Å²) in [6.45, 7) is 3.84. The Morgan fingerprint density at radius 2 is 2.19 bits per heavy atom. The van der Waals surface area contributed by atoms with Gasteiger partial charge in [-0.05, 0) is 26.0 Å². The number of nitrogens with zero attached hydrogens (tertiary/aromatic N) is 4. The van der Waals surface area contributed by atoms with E-state index in [1.807, 2.05) is 30.5 Å². The maximum atomic E-state index is 12.1. The number of nitrogens with one attached hydrogen (secondary N) is 1. The van der Waals surface area contributed by atoms with E-state index in [0.717, 1.165) is 21.9 Å². The van der Waals surface area contributed by atoms with Crippen LogP contribution in [0.5, 0.6) is 0 Å². The molecule has 3 rings (SSSR count). The largest absolute Gasteiger partial charge is 0.397 e. The van der Waals surface area contributed by atoms with Gasteiger partial charge >= 0.3 is 0 Å². The van der Waals surface area contributed by atoms with Gasteiger partial charge < -0.3 is 10.3 Å². The van der Waals surface area contributed by atoms with E-state index in [1.54, 1.807) is 6.07 Å². The van der Waals surface area contributed by atoms with Crippen molar-refractivity contribution in [3.63, 3.8) is 0 Å². The molecule has 0 bridgehead atoms. The van der Waals surface area contributed by atoms with Crippen LogP contribution in [0, 0.1) is 13.8 Å². The quantitative estimate of drug-likeness (QED) is 0.718. The number of carbonyl (C=O) groups excluding carboxylic acids is 1. The van der Waals surface area contributed by atoms with Crippen LogP contribution in [0.15, 0.2) is 18.2 Å². The number of nitrogens with two attached hydrogens (primary N) is 1. The minimum Gasteiger partial charge on any atom is -0.397 e. The first-order valence-corrected chi connectivity index (χ1v) is 7.17. The molecule has 21 heavy (non-hydrogen) atoms. The number of carbonyl (C=O) groups is 1. The van der Waals surface area contributed by atoms with Crippen LogP contribution in [-0.4, -0.2) is 25.7 Å². The number of hydrogen-bond acceptors (Lipinski definition) is 6. The number of hydrogen-bond donors (Lipinski definition) is 2. The van der Waals surface area contributed by atoms with Gasteiger partial charge in [-0.3, -0.25) is 10.1 Å². The first-order valence-electron chi connectivity index (χ1n) is 6.36. The van der Waals surface area contributed by atoms with E-state index in [9.17, 15) is 4.79 Å². The second-order valence-corrected chi connectivity index (χ2v) is 5.82. The van der Waals surface area contributed by atoms with Gasteiger partial charge in [-0.1, -0.05) is 17.4 Å². The standard InChI is InChI=1S/C13H14N6OS/c1-7-15-12-9(14)4-3-5-10(12)19(7)6-11(20)16-13-18-17-8(2)21-13/h3-5H,6,14H2,1-2H3,(H,16,18,20). The van der Waals surface area contributed by atoms with Crippen LogP contribution in [0.1, 0.15) is 10.8 Å². The molecule has 108 valence electrons. The van der Waals surface area contributed by atoms with Crippen molar-refractivity contribution >= 4 is 39.1 Å². The average Bonchev–Trinajstić information content (AvgIpc) is 2.96. The zero-order chi connectivity index (χ0) is 15.0. The number of benzene rings is 1. The topological polar surface area (TPSA) is 98.7 Å². The van der Waals surface area contributed by atoms with Crippen molar-refractivity contribution in [3.8, 4) is 0 Å². The van der Waals surface area contributed by atoms with Gasteiger partial charge in [-0.25, -0.2) is 4.98 Å². The lowest BCUT2D eigenvalue weighted by Crippen LogP contribution is -2.19. The lowest BCUT2D eigenvalue weighted by molar-refractivity contribution is -0.116. The monoisotopic (exact) mass is 302 g/mol. The molecule has 0 spiro atoms. The molecule has 8 heteroatoms. The second-order valence-electron chi connectivity index (χ2n) is 4.63. The van der Waals surface area contributed by atoms with Crippen molar-refractivity contribution in [2.24, 2.45) is 0 Å². The smallest absolute Gasteiger partial charge is 0.246 e. The van der Waals surface area contributed by atoms with Crippen LogP contribution in [0.2, 0.25) is 0 Å². The summed E-state index contributed by atoms with van der Waals surface area (Å²) in [5, 5.41) is 11.8. The number of nitrogen functional groups attached to an aromatic ring is 1. The predicted molar refractivity (Wildman–Crippen MR) is 82.2 cm³/mol. The van der Waals surface area contributed by atoms with E-state index < -0.39 is 0 Å². The van der Waals surface area contributed by atoms with Crippen LogP contribution in [0.4, 0.5) is 10.8 Å². The highest BCUT2D eigenvalue weighted by molar-refractivity contribution is 7.15. The van der Waals surface area contributed by atoms with Gasteiger partial charge in [-0.2, -0.15) is 0 Å². The van der Waals surface area contributed by atoms with Crippen molar-refractivity contribution in [1.82, 2.24) is 19.7 Å². The van der Waals surface area contributed by atoms with Gasteiger partial charge in [0, 0.05) is 0 Å². The predicted octanol–water partition coefficient (Wildman–Crippen LogP) is 1.73. The molecule has 3 aromatic rings. The van der Waals surface area contributed by atoms with E-state index in [0.29, 0.717) is 10.8 Å². The van der Waals surface area contributed by atoms with E-state index in [2.05, 4.69) is 20.5 Å². The molecule has 0 radical (unpaired) electrons. The molecule has 1 aromatic carbocycles. The molecular weight excluding hydrogens is 288 g/mol. The SMILES string of the molecule is Cc1nnc(NC(=O)Cn2c(C)nc3c(N)cccc32)s1. The second kappa shape index (κ2) is 5.13. The van der Waals surface area contributed by atoms with Crippen LogP contribution in [0.25, 0.3) is 11.0 Å². The van der Waals surface area contributed by atoms with Crippen molar-refractivity contribution in [2.45, 2.75) is 20.4 Å². The molecule has 0 unspecified atom stereocenters. The Bertz CT molecular complexity index is 821. The van der Waals surface area contributed by atoms with E-state index in [4.69, 9.17) is 5.73 Å². The van der Waals surface area contributed by atoms with E-state index >= 15 is 0 Å². The maximum Gasteiger partial charge on any atom is 0.246 e. The molecule has 0 atom stereocenters. The molecule has 2 heterocycles. The first kappa shape index (κ1) is 13.5. The van der Waals surface area contributed by atoms with Crippen molar-refractivity contribution in [3.05, 3.63) is 29.0 Å². The maximum absolute atomic E-state index is 12.1. The third-order valence-electron chi connectivity index (χ3n) is 3.08.